The SMILES string of the molecule is CN(CCCC(C)(C)C#N)Cc1ccccn1. The van der Waals surface area contributed by atoms with Crippen LogP contribution in [0.15, 0.2) is 24.4 Å². The molecular weight excluding hydrogens is 210 g/mol. The summed E-state index contributed by atoms with van der Waals surface area (Å²) in [6.45, 7) is 5.85. The number of nitriles is 1. The van der Waals surface area contributed by atoms with Gasteiger partial charge in [-0.3, -0.25) is 4.98 Å². The van der Waals surface area contributed by atoms with Gasteiger partial charge in [0.05, 0.1) is 17.2 Å². The molecule has 0 saturated heterocycles. The average molecular weight is 231 g/mol. The van der Waals surface area contributed by atoms with Gasteiger partial charge >= 0.3 is 0 Å². The molecule has 3 heteroatoms. The van der Waals surface area contributed by atoms with Crippen molar-refractivity contribution in [1.82, 2.24) is 9.88 Å². The largest absolute Gasteiger partial charge is 0.301 e. The van der Waals surface area contributed by atoms with Gasteiger partial charge in [-0.05, 0) is 52.4 Å². The van der Waals surface area contributed by atoms with Crippen LogP contribution in [0.4, 0.5) is 0 Å². The zero-order chi connectivity index (χ0) is 12.7. The van der Waals surface area contributed by atoms with Crippen LogP contribution in [-0.4, -0.2) is 23.5 Å². The Balaban J connectivity index is 2.27. The summed E-state index contributed by atoms with van der Waals surface area (Å²) in [5, 5.41) is 8.92. The Bertz CT molecular complexity index is 365. The van der Waals surface area contributed by atoms with Crippen LogP contribution in [-0.2, 0) is 6.54 Å². The van der Waals surface area contributed by atoms with Crippen molar-refractivity contribution in [3.8, 4) is 6.07 Å². The van der Waals surface area contributed by atoms with Gasteiger partial charge in [0.15, 0.2) is 0 Å². The van der Waals surface area contributed by atoms with Crippen molar-refractivity contribution in [3.63, 3.8) is 0 Å². The highest BCUT2D eigenvalue weighted by atomic mass is 15.1. The predicted molar refractivity (Wildman–Crippen MR) is 69.2 cm³/mol. The van der Waals surface area contributed by atoms with Gasteiger partial charge in [-0.1, -0.05) is 6.07 Å². The highest BCUT2D eigenvalue weighted by Gasteiger charge is 2.15. The highest BCUT2D eigenvalue weighted by molar-refractivity contribution is 5.03. The second kappa shape index (κ2) is 6.36. The van der Waals surface area contributed by atoms with E-state index in [9.17, 15) is 0 Å². The predicted octanol–water partition coefficient (Wildman–Crippen LogP) is 2.84. The summed E-state index contributed by atoms with van der Waals surface area (Å²) in [7, 11) is 2.09. The fourth-order valence-electron chi connectivity index (χ4n) is 1.69. The lowest BCUT2D eigenvalue weighted by Gasteiger charge is -2.19. The molecule has 0 bridgehead atoms. The van der Waals surface area contributed by atoms with Crippen LogP contribution >= 0.6 is 0 Å². The summed E-state index contributed by atoms with van der Waals surface area (Å²) in [6.07, 6.45) is 3.81. The quantitative estimate of drug-likeness (QED) is 0.755. The first-order valence-corrected chi connectivity index (χ1v) is 6.03. The maximum Gasteiger partial charge on any atom is 0.0683 e. The normalized spacial score (nSPS) is 11.5. The molecule has 1 aromatic heterocycles. The van der Waals surface area contributed by atoms with Crippen molar-refractivity contribution < 1.29 is 0 Å². The van der Waals surface area contributed by atoms with Crippen molar-refractivity contribution in [1.29, 1.82) is 5.26 Å². The summed E-state index contributed by atoms with van der Waals surface area (Å²) in [6, 6.07) is 8.31. The Kier molecular flexibility index (Phi) is 5.11. The van der Waals surface area contributed by atoms with E-state index in [1.54, 1.807) is 0 Å². The number of aromatic nitrogens is 1. The Hall–Kier alpha value is -1.40. The minimum absolute atomic E-state index is 0.203. The van der Waals surface area contributed by atoms with Crippen LogP contribution in [0, 0.1) is 16.7 Å². The summed E-state index contributed by atoms with van der Waals surface area (Å²) < 4.78 is 0. The lowest BCUT2D eigenvalue weighted by molar-refractivity contribution is 0.295. The van der Waals surface area contributed by atoms with Crippen LogP contribution in [0.1, 0.15) is 32.4 Å². The summed E-state index contributed by atoms with van der Waals surface area (Å²) >= 11 is 0. The molecule has 1 heterocycles. The van der Waals surface area contributed by atoms with E-state index in [1.165, 1.54) is 0 Å². The van der Waals surface area contributed by atoms with Gasteiger partial charge in [0, 0.05) is 12.7 Å². The Morgan fingerprint density at radius 1 is 1.41 bits per heavy atom. The zero-order valence-electron chi connectivity index (χ0n) is 11.0. The van der Waals surface area contributed by atoms with Crippen molar-refractivity contribution in [2.45, 2.75) is 33.2 Å². The molecular formula is C14H21N3. The highest BCUT2D eigenvalue weighted by Crippen LogP contribution is 2.20. The molecule has 17 heavy (non-hydrogen) atoms. The Morgan fingerprint density at radius 2 is 2.18 bits per heavy atom. The van der Waals surface area contributed by atoms with Crippen molar-refractivity contribution in [3.05, 3.63) is 30.1 Å². The molecule has 0 amide bonds. The maximum absolute atomic E-state index is 8.92. The molecule has 92 valence electrons. The number of hydrogen-bond acceptors (Lipinski definition) is 3. The first kappa shape index (κ1) is 13.7. The molecule has 1 rings (SSSR count). The van der Waals surface area contributed by atoms with E-state index in [0.717, 1.165) is 31.6 Å². The lowest BCUT2D eigenvalue weighted by atomic mass is 9.90. The number of pyridine rings is 1. The molecule has 3 nitrogen and oxygen atoms in total. The maximum atomic E-state index is 8.92. The lowest BCUT2D eigenvalue weighted by Crippen LogP contribution is -2.21. The molecule has 0 aromatic carbocycles. The van der Waals surface area contributed by atoms with Crippen LogP contribution in [0.25, 0.3) is 0 Å². The monoisotopic (exact) mass is 231 g/mol. The molecule has 0 aliphatic rings. The van der Waals surface area contributed by atoms with E-state index in [0.29, 0.717) is 0 Å². The first-order valence-electron chi connectivity index (χ1n) is 6.03. The minimum Gasteiger partial charge on any atom is -0.301 e. The van der Waals surface area contributed by atoms with E-state index in [4.69, 9.17) is 5.26 Å². The van der Waals surface area contributed by atoms with Gasteiger partial charge in [0.2, 0.25) is 0 Å². The molecule has 0 N–H and O–H groups in total. The average Bonchev–Trinajstić information content (AvgIpc) is 2.30. The number of hydrogen-bond donors (Lipinski definition) is 0. The second-order valence-corrected chi connectivity index (χ2v) is 5.16. The van der Waals surface area contributed by atoms with Gasteiger partial charge in [0.25, 0.3) is 0 Å². The van der Waals surface area contributed by atoms with E-state index < -0.39 is 0 Å². The van der Waals surface area contributed by atoms with Gasteiger partial charge in [-0.25, -0.2) is 0 Å². The summed E-state index contributed by atoms with van der Waals surface area (Å²) in [5.74, 6) is 0. The van der Waals surface area contributed by atoms with E-state index in [1.807, 2.05) is 38.2 Å². The second-order valence-electron chi connectivity index (χ2n) is 5.16. The molecule has 0 atom stereocenters. The smallest absolute Gasteiger partial charge is 0.0683 e. The molecule has 0 spiro atoms. The molecule has 0 unspecified atom stereocenters. The van der Waals surface area contributed by atoms with Crippen molar-refractivity contribution in [2.75, 3.05) is 13.6 Å². The number of rotatable bonds is 6. The third kappa shape index (κ3) is 5.46. The van der Waals surface area contributed by atoms with Crippen LogP contribution in [0.3, 0.4) is 0 Å². The van der Waals surface area contributed by atoms with Gasteiger partial charge in [-0.2, -0.15) is 5.26 Å². The van der Waals surface area contributed by atoms with E-state index in [2.05, 4.69) is 23.0 Å². The van der Waals surface area contributed by atoms with Crippen LogP contribution < -0.4 is 0 Å². The fraction of sp³-hybridized carbons (Fsp3) is 0.571. The molecule has 0 fully saturated rings. The van der Waals surface area contributed by atoms with E-state index in [-0.39, 0.29) is 5.41 Å². The Morgan fingerprint density at radius 3 is 2.76 bits per heavy atom. The molecule has 0 radical (unpaired) electrons. The van der Waals surface area contributed by atoms with Crippen molar-refractivity contribution in [2.24, 2.45) is 5.41 Å². The standard InChI is InChI=1S/C14H21N3/c1-14(2,12-15)8-6-10-17(3)11-13-7-4-5-9-16-13/h4-5,7,9H,6,8,10-11H2,1-3H3. The molecule has 0 aliphatic heterocycles. The molecule has 0 saturated carbocycles. The fourth-order valence-corrected chi connectivity index (χ4v) is 1.69. The van der Waals surface area contributed by atoms with Gasteiger partial charge in [-0.15, -0.1) is 0 Å². The summed E-state index contributed by atoms with van der Waals surface area (Å²) in [4.78, 5) is 6.54. The Labute approximate surface area is 104 Å². The topological polar surface area (TPSA) is 39.9 Å². The third-order valence-electron chi connectivity index (χ3n) is 2.80. The van der Waals surface area contributed by atoms with Gasteiger partial charge in [0.1, 0.15) is 0 Å². The van der Waals surface area contributed by atoms with Crippen LogP contribution in [0.5, 0.6) is 0 Å². The minimum atomic E-state index is -0.203. The first-order chi connectivity index (χ1) is 8.03. The van der Waals surface area contributed by atoms with Crippen LogP contribution in [0.2, 0.25) is 0 Å². The van der Waals surface area contributed by atoms with Crippen molar-refractivity contribution >= 4 is 0 Å². The molecule has 1 aromatic rings. The molecule has 0 aliphatic carbocycles. The third-order valence-corrected chi connectivity index (χ3v) is 2.80. The summed E-state index contributed by atoms with van der Waals surface area (Å²) in [5.41, 5.74) is 0.890. The van der Waals surface area contributed by atoms with Gasteiger partial charge < -0.3 is 4.90 Å². The number of nitrogens with zero attached hydrogens (tertiary/aromatic N) is 3. The van der Waals surface area contributed by atoms with E-state index >= 15 is 0 Å². The zero-order valence-corrected chi connectivity index (χ0v) is 11.0.